The summed E-state index contributed by atoms with van der Waals surface area (Å²) in [6, 6.07) is 14.1. The lowest BCUT2D eigenvalue weighted by Gasteiger charge is -2.10. The number of amides is 1. The molecule has 0 unspecified atom stereocenters. The fourth-order valence-electron chi connectivity index (χ4n) is 1.71. The molecule has 0 saturated carbocycles. The highest BCUT2D eigenvalue weighted by molar-refractivity contribution is 7.98. The first-order chi connectivity index (χ1) is 9.65. The molecule has 5 heteroatoms. The highest BCUT2D eigenvalue weighted by Gasteiger charge is 2.12. The second kappa shape index (κ2) is 6.47. The number of carbonyl (C=O) groups is 1. The second-order valence-electron chi connectivity index (χ2n) is 3.96. The summed E-state index contributed by atoms with van der Waals surface area (Å²) in [4.78, 5) is 13.2. The van der Waals surface area contributed by atoms with Crippen molar-refractivity contribution in [2.75, 3.05) is 11.6 Å². The van der Waals surface area contributed by atoms with E-state index < -0.39 is 0 Å². The minimum Gasteiger partial charge on any atom is -0.321 e. The number of hydrogen-bond donors (Lipinski definition) is 1. The van der Waals surface area contributed by atoms with E-state index in [0.29, 0.717) is 21.8 Å². The van der Waals surface area contributed by atoms with E-state index in [-0.39, 0.29) is 5.91 Å². The molecule has 1 amide bonds. The van der Waals surface area contributed by atoms with Gasteiger partial charge >= 0.3 is 0 Å². The van der Waals surface area contributed by atoms with Gasteiger partial charge in [0.25, 0.3) is 5.91 Å². The average Bonchev–Trinajstić information content (AvgIpc) is 2.49. The molecule has 0 heterocycles. The molecule has 0 aromatic heterocycles. The van der Waals surface area contributed by atoms with Crippen molar-refractivity contribution in [1.29, 1.82) is 5.26 Å². The number of benzene rings is 2. The molecule has 0 aliphatic heterocycles. The molecular formula is C15H11ClN2OS. The minimum atomic E-state index is -0.244. The molecule has 0 radical (unpaired) electrons. The average molecular weight is 303 g/mol. The van der Waals surface area contributed by atoms with Crippen molar-refractivity contribution in [2.45, 2.75) is 4.90 Å². The molecule has 2 aromatic rings. The summed E-state index contributed by atoms with van der Waals surface area (Å²) >= 11 is 7.53. The number of anilines is 1. The van der Waals surface area contributed by atoms with Crippen molar-refractivity contribution < 1.29 is 4.79 Å². The van der Waals surface area contributed by atoms with Crippen LogP contribution in [0.25, 0.3) is 0 Å². The van der Waals surface area contributed by atoms with Crippen LogP contribution in [0, 0.1) is 11.3 Å². The van der Waals surface area contributed by atoms with Gasteiger partial charge in [0.05, 0.1) is 27.9 Å². The van der Waals surface area contributed by atoms with Crippen LogP contribution in [0.4, 0.5) is 5.69 Å². The van der Waals surface area contributed by atoms with Gasteiger partial charge in [-0.2, -0.15) is 5.26 Å². The molecule has 0 aliphatic rings. The Morgan fingerprint density at radius 1 is 1.30 bits per heavy atom. The zero-order chi connectivity index (χ0) is 14.5. The first kappa shape index (κ1) is 14.4. The third kappa shape index (κ3) is 3.13. The van der Waals surface area contributed by atoms with Gasteiger partial charge in [-0.25, -0.2) is 0 Å². The molecule has 2 rings (SSSR count). The van der Waals surface area contributed by atoms with E-state index >= 15 is 0 Å². The lowest BCUT2D eigenvalue weighted by Crippen LogP contribution is -2.13. The molecular weight excluding hydrogens is 292 g/mol. The summed E-state index contributed by atoms with van der Waals surface area (Å²) in [7, 11) is 0. The third-order valence-electron chi connectivity index (χ3n) is 2.70. The molecule has 0 bridgehead atoms. The summed E-state index contributed by atoms with van der Waals surface area (Å²) in [5.74, 6) is -0.244. The predicted octanol–water partition coefficient (Wildman–Crippen LogP) is 4.19. The quantitative estimate of drug-likeness (QED) is 0.865. The summed E-state index contributed by atoms with van der Waals surface area (Å²) in [5.41, 5.74) is 1.47. The third-order valence-corrected chi connectivity index (χ3v) is 3.82. The van der Waals surface area contributed by atoms with Crippen LogP contribution in [-0.2, 0) is 0 Å². The molecule has 0 atom stereocenters. The van der Waals surface area contributed by atoms with Gasteiger partial charge in [0.15, 0.2) is 0 Å². The molecule has 0 spiro atoms. The van der Waals surface area contributed by atoms with Gasteiger partial charge in [-0.1, -0.05) is 23.7 Å². The van der Waals surface area contributed by atoms with Gasteiger partial charge in [-0.3, -0.25) is 4.79 Å². The predicted molar refractivity (Wildman–Crippen MR) is 82.3 cm³/mol. The standard InChI is InChI=1S/C15H11ClN2OS/c1-20-14-5-3-2-4-11(14)15(19)18-13-8-10(9-17)6-7-12(13)16/h2-8H,1H3,(H,18,19). The van der Waals surface area contributed by atoms with Crippen molar-refractivity contribution >= 4 is 35.0 Å². The van der Waals surface area contributed by atoms with E-state index in [1.807, 2.05) is 30.5 Å². The molecule has 2 aromatic carbocycles. The maximum absolute atomic E-state index is 12.3. The zero-order valence-corrected chi connectivity index (χ0v) is 12.3. The number of nitriles is 1. The summed E-state index contributed by atoms with van der Waals surface area (Å²) in [5, 5.41) is 12.0. The highest BCUT2D eigenvalue weighted by atomic mass is 35.5. The van der Waals surface area contributed by atoms with Gasteiger partial charge < -0.3 is 5.32 Å². The first-order valence-corrected chi connectivity index (χ1v) is 7.40. The van der Waals surface area contributed by atoms with E-state index in [2.05, 4.69) is 5.32 Å². The maximum atomic E-state index is 12.3. The van der Waals surface area contributed by atoms with Crippen LogP contribution in [-0.4, -0.2) is 12.2 Å². The number of nitrogens with one attached hydrogen (secondary N) is 1. The minimum absolute atomic E-state index is 0.244. The zero-order valence-electron chi connectivity index (χ0n) is 10.7. The fourth-order valence-corrected chi connectivity index (χ4v) is 2.47. The topological polar surface area (TPSA) is 52.9 Å². The smallest absolute Gasteiger partial charge is 0.256 e. The van der Waals surface area contributed by atoms with Gasteiger partial charge in [0.2, 0.25) is 0 Å². The Kier molecular flexibility index (Phi) is 4.67. The lowest BCUT2D eigenvalue weighted by molar-refractivity contribution is 0.102. The van der Waals surface area contributed by atoms with Crippen molar-refractivity contribution in [3.63, 3.8) is 0 Å². The lowest BCUT2D eigenvalue weighted by atomic mass is 10.2. The Morgan fingerprint density at radius 3 is 2.75 bits per heavy atom. The van der Waals surface area contributed by atoms with Crippen molar-refractivity contribution in [3.8, 4) is 6.07 Å². The molecule has 0 aliphatic carbocycles. The molecule has 0 fully saturated rings. The molecule has 3 nitrogen and oxygen atoms in total. The van der Waals surface area contributed by atoms with E-state index in [1.165, 1.54) is 11.8 Å². The summed E-state index contributed by atoms with van der Waals surface area (Å²) < 4.78 is 0. The monoisotopic (exact) mass is 302 g/mol. The molecule has 0 saturated heterocycles. The highest BCUT2D eigenvalue weighted by Crippen LogP contribution is 2.25. The first-order valence-electron chi connectivity index (χ1n) is 5.79. The normalized spacial score (nSPS) is 9.85. The molecule has 1 N–H and O–H groups in total. The Bertz CT molecular complexity index is 695. The molecule has 20 heavy (non-hydrogen) atoms. The van der Waals surface area contributed by atoms with Gasteiger partial charge in [0, 0.05) is 4.90 Å². The van der Waals surface area contributed by atoms with Crippen LogP contribution in [0.1, 0.15) is 15.9 Å². The summed E-state index contributed by atoms with van der Waals surface area (Å²) in [6.45, 7) is 0. The Balaban J connectivity index is 2.30. The Labute approximate surface area is 126 Å². The Hall–Kier alpha value is -1.96. The molecule has 100 valence electrons. The van der Waals surface area contributed by atoms with Crippen molar-refractivity contribution in [1.82, 2.24) is 0 Å². The van der Waals surface area contributed by atoms with Crippen LogP contribution in [0.5, 0.6) is 0 Å². The van der Waals surface area contributed by atoms with Crippen LogP contribution in [0.15, 0.2) is 47.4 Å². The van der Waals surface area contributed by atoms with Gasteiger partial charge in [0.1, 0.15) is 0 Å². The van der Waals surface area contributed by atoms with Gasteiger partial charge in [-0.05, 0) is 36.6 Å². The van der Waals surface area contributed by atoms with Crippen LogP contribution >= 0.6 is 23.4 Å². The fraction of sp³-hybridized carbons (Fsp3) is 0.0667. The number of halogens is 1. The SMILES string of the molecule is CSc1ccccc1C(=O)Nc1cc(C#N)ccc1Cl. The number of carbonyl (C=O) groups excluding carboxylic acids is 1. The van der Waals surface area contributed by atoms with E-state index in [4.69, 9.17) is 16.9 Å². The van der Waals surface area contributed by atoms with Crippen molar-refractivity contribution in [3.05, 3.63) is 58.6 Å². The number of nitrogens with zero attached hydrogens (tertiary/aromatic N) is 1. The van der Waals surface area contributed by atoms with Gasteiger partial charge in [-0.15, -0.1) is 11.8 Å². The largest absolute Gasteiger partial charge is 0.321 e. The Morgan fingerprint density at radius 2 is 2.05 bits per heavy atom. The van der Waals surface area contributed by atoms with E-state index in [9.17, 15) is 4.79 Å². The van der Waals surface area contributed by atoms with E-state index in [0.717, 1.165) is 4.90 Å². The number of rotatable bonds is 3. The number of thioether (sulfide) groups is 1. The van der Waals surface area contributed by atoms with Crippen LogP contribution in [0.3, 0.4) is 0 Å². The maximum Gasteiger partial charge on any atom is 0.256 e. The van der Waals surface area contributed by atoms with Crippen LogP contribution in [0.2, 0.25) is 5.02 Å². The summed E-state index contributed by atoms with van der Waals surface area (Å²) in [6.07, 6.45) is 1.91. The van der Waals surface area contributed by atoms with E-state index in [1.54, 1.807) is 24.3 Å². The van der Waals surface area contributed by atoms with Crippen LogP contribution < -0.4 is 5.32 Å². The second-order valence-corrected chi connectivity index (χ2v) is 5.22. The number of hydrogen-bond acceptors (Lipinski definition) is 3. The van der Waals surface area contributed by atoms with Crippen molar-refractivity contribution in [2.24, 2.45) is 0 Å².